The average Bonchev–Trinajstić information content (AvgIpc) is 2.64. The highest BCUT2D eigenvalue weighted by atomic mass is 35.5. The number of nitrogens with one attached hydrogen (secondary N) is 2. The van der Waals surface area contributed by atoms with Crippen LogP contribution in [0.2, 0.25) is 5.02 Å². The molecule has 0 unspecified atom stereocenters. The molecule has 2 aromatic carbocycles. The van der Waals surface area contributed by atoms with Gasteiger partial charge in [0, 0.05) is 29.6 Å². The van der Waals surface area contributed by atoms with Crippen molar-refractivity contribution in [1.82, 2.24) is 15.3 Å². The summed E-state index contributed by atoms with van der Waals surface area (Å²) in [6.45, 7) is 4.41. The van der Waals surface area contributed by atoms with Gasteiger partial charge in [-0.2, -0.15) is 0 Å². The number of amides is 1. The second kappa shape index (κ2) is 7.97. The first-order chi connectivity index (χ1) is 12.5. The first-order valence-electron chi connectivity index (χ1n) is 8.21. The number of halogens is 1. The molecule has 0 saturated carbocycles. The van der Waals surface area contributed by atoms with Crippen molar-refractivity contribution in [3.63, 3.8) is 0 Å². The first kappa shape index (κ1) is 17.9. The Kier molecular flexibility index (Phi) is 5.49. The second-order valence-electron chi connectivity index (χ2n) is 6.01. The third-order valence-electron chi connectivity index (χ3n) is 3.94. The van der Waals surface area contributed by atoms with Crippen LogP contribution in [0.25, 0.3) is 0 Å². The second-order valence-corrected chi connectivity index (χ2v) is 6.42. The van der Waals surface area contributed by atoms with E-state index >= 15 is 0 Å². The van der Waals surface area contributed by atoms with Gasteiger partial charge < -0.3 is 10.6 Å². The maximum atomic E-state index is 12.2. The van der Waals surface area contributed by atoms with Crippen LogP contribution in [0.4, 0.5) is 11.6 Å². The molecule has 0 aliphatic rings. The minimum absolute atomic E-state index is 0.247. The molecule has 2 N–H and O–H groups in total. The zero-order valence-corrected chi connectivity index (χ0v) is 15.3. The number of nitrogens with zero attached hydrogens (tertiary/aromatic N) is 2. The van der Waals surface area contributed by atoms with Gasteiger partial charge in [-0.1, -0.05) is 47.5 Å². The Morgan fingerprint density at radius 2 is 1.81 bits per heavy atom. The molecular formula is C20H19ClN4O. The lowest BCUT2D eigenvalue weighted by Gasteiger charge is -2.09. The van der Waals surface area contributed by atoms with Gasteiger partial charge in [0.1, 0.15) is 0 Å². The highest BCUT2D eigenvalue weighted by molar-refractivity contribution is 6.31. The van der Waals surface area contributed by atoms with Crippen molar-refractivity contribution in [2.75, 3.05) is 5.32 Å². The molecule has 3 aromatic rings. The number of hydrogen-bond acceptors (Lipinski definition) is 4. The Morgan fingerprint density at radius 3 is 2.50 bits per heavy atom. The molecule has 1 amide bonds. The molecule has 0 aliphatic heterocycles. The minimum Gasteiger partial charge on any atom is -0.348 e. The van der Waals surface area contributed by atoms with Crippen LogP contribution in [0.15, 0.2) is 54.9 Å². The van der Waals surface area contributed by atoms with Crippen LogP contribution < -0.4 is 10.6 Å². The molecule has 1 heterocycles. The van der Waals surface area contributed by atoms with E-state index in [4.69, 9.17) is 11.6 Å². The Labute approximate surface area is 157 Å². The molecule has 26 heavy (non-hydrogen) atoms. The largest absolute Gasteiger partial charge is 0.348 e. The lowest BCUT2D eigenvalue weighted by molar-refractivity contribution is 0.0950. The Hall–Kier alpha value is -2.92. The monoisotopic (exact) mass is 366 g/mol. The Balaban J connectivity index is 1.63. The number of hydrogen-bond donors (Lipinski definition) is 2. The van der Waals surface area contributed by atoms with Gasteiger partial charge >= 0.3 is 0 Å². The molecule has 0 spiro atoms. The molecule has 0 aliphatic carbocycles. The Morgan fingerprint density at radius 1 is 1.08 bits per heavy atom. The van der Waals surface area contributed by atoms with Crippen LogP contribution in [0, 0.1) is 13.8 Å². The third kappa shape index (κ3) is 4.37. The molecule has 0 atom stereocenters. The van der Waals surface area contributed by atoms with E-state index in [2.05, 4.69) is 26.7 Å². The number of aromatic nitrogens is 2. The molecule has 3 rings (SSSR count). The number of aryl methyl sites for hydroxylation is 2. The highest BCUT2D eigenvalue weighted by Gasteiger charge is 2.09. The summed E-state index contributed by atoms with van der Waals surface area (Å²) in [7, 11) is 0. The fraction of sp³-hybridized carbons (Fsp3) is 0.150. The molecule has 6 heteroatoms. The molecular weight excluding hydrogens is 348 g/mol. The maximum absolute atomic E-state index is 12.2. The van der Waals surface area contributed by atoms with E-state index in [0.717, 1.165) is 16.8 Å². The van der Waals surface area contributed by atoms with E-state index in [1.165, 1.54) is 18.0 Å². The molecule has 0 radical (unpaired) electrons. The summed E-state index contributed by atoms with van der Waals surface area (Å²) < 4.78 is 0. The number of carbonyl (C=O) groups is 1. The van der Waals surface area contributed by atoms with E-state index in [9.17, 15) is 4.79 Å². The number of rotatable bonds is 5. The van der Waals surface area contributed by atoms with E-state index in [1.807, 2.05) is 44.2 Å². The summed E-state index contributed by atoms with van der Waals surface area (Å²) in [5.41, 5.74) is 4.49. The maximum Gasteiger partial charge on any atom is 0.254 e. The summed E-state index contributed by atoms with van der Waals surface area (Å²) in [5.74, 6) is 0.197. The van der Waals surface area contributed by atoms with E-state index in [0.29, 0.717) is 23.1 Å². The zero-order valence-electron chi connectivity index (χ0n) is 14.6. The van der Waals surface area contributed by atoms with Crippen LogP contribution in [0.1, 0.15) is 27.0 Å². The molecule has 1 aromatic heterocycles. The lowest BCUT2D eigenvalue weighted by Crippen LogP contribution is -2.23. The lowest BCUT2D eigenvalue weighted by atomic mass is 10.1. The van der Waals surface area contributed by atoms with Gasteiger partial charge in [0.05, 0.1) is 5.56 Å². The van der Waals surface area contributed by atoms with E-state index in [1.54, 1.807) is 6.07 Å². The fourth-order valence-electron chi connectivity index (χ4n) is 2.50. The van der Waals surface area contributed by atoms with E-state index < -0.39 is 0 Å². The number of benzene rings is 2. The number of anilines is 2. The van der Waals surface area contributed by atoms with Gasteiger partial charge in [0.25, 0.3) is 5.91 Å². The van der Waals surface area contributed by atoms with Crippen LogP contribution in [-0.4, -0.2) is 15.9 Å². The molecule has 0 fully saturated rings. The van der Waals surface area contributed by atoms with Gasteiger partial charge in [0.2, 0.25) is 5.95 Å². The molecule has 132 valence electrons. The van der Waals surface area contributed by atoms with Crippen LogP contribution in [0.5, 0.6) is 0 Å². The summed E-state index contributed by atoms with van der Waals surface area (Å²) >= 11 is 6.09. The van der Waals surface area contributed by atoms with Crippen molar-refractivity contribution >= 4 is 29.1 Å². The predicted octanol–water partition coefficient (Wildman–Crippen LogP) is 4.42. The smallest absolute Gasteiger partial charge is 0.254 e. The van der Waals surface area contributed by atoms with Crippen molar-refractivity contribution in [2.45, 2.75) is 20.4 Å². The molecule has 5 nitrogen and oxygen atoms in total. The Bertz CT molecular complexity index is 925. The highest BCUT2D eigenvalue weighted by Crippen LogP contribution is 2.19. The van der Waals surface area contributed by atoms with Crippen molar-refractivity contribution in [1.29, 1.82) is 0 Å². The van der Waals surface area contributed by atoms with Gasteiger partial charge in [-0.05, 0) is 37.1 Å². The zero-order chi connectivity index (χ0) is 18.5. The standard InChI is InChI=1S/C20H19ClN4O/c1-13-7-8-18(14(2)9-13)25-20-23-11-16(12-24-20)19(26)22-10-15-5-3-4-6-17(15)21/h3-9,11-12H,10H2,1-2H3,(H,22,26)(H,23,24,25). The summed E-state index contributed by atoms with van der Waals surface area (Å²) in [4.78, 5) is 20.7. The fourth-order valence-corrected chi connectivity index (χ4v) is 2.71. The van der Waals surface area contributed by atoms with Crippen molar-refractivity contribution in [3.05, 3.63) is 82.1 Å². The van der Waals surface area contributed by atoms with Crippen molar-refractivity contribution < 1.29 is 4.79 Å². The van der Waals surface area contributed by atoms with Gasteiger partial charge in [-0.25, -0.2) is 9.97 Å². The quantitative estimate of drug-likeness (QED) is 0.701. The minimum atomic E-state index is -0.247. The summed E-state index contributed by atoms with van der Waals surface area (Å²) in [5, 5.41) is 6.60. The molecule has 0 bridgehead atoms. The van der Waals surface area contributed by atoms with E-state index in [-0.39, 0.29) is 5.91 Å². The number of carbonyl (C=O) groups excluding carboxylic acids is 1. The van der Waals surface area contributed by atoms with Gasteiger partial charge in [-0.3, -0.25) is 4.79 Å². The summed E-state index contributed by atoms with van der Waals surface area (Å²) in [6, 6.07) is 13.5. The van der Waals surface area contributed by atoms with Crippen LogP contribution in [-0.2, 0) is 6.54 Å². The SMILES string of the molecule is Cc1ccc(Nc2ncc(C(=O)NCc3ccccc3Cl)cn2)c(C)c1. The third-order valence-corrected chi connectivity index (χ3v) is 4.31. The molecule has 0 saturated heterocycles. The summed E-state index contributed by atoms with van der Waals surface area (Å²) in [6.07, 6.45) is 3.00. The van der Waals surface area contributed by atoms with Gasteiger partial charge in [-0.15, -0.1) is 0 Å². The van der Waals surface area contributed by atoms with Crippen molar-refractivity contribution in [2.24, 2.45) is 0 Å². The topological polar surface area (TPSA) is 66.9 Å². The average molecular weight is 367 g/mol. The predicted molar refractivity (Wildman–Crippen MR) is 104 cm³/mol. The van der Waals surface area contributed by atoms with Gasteiger partial charge in [0.15, 0.2) is 0 Å². The first-order valence-corrected chi connectivity index (χ1v) is 8.58. The van der Waals surface area contributed by atoms with Crippen LogP contribution >= 0.6 is 11.6 Å². The van der Waals surface area contributed by atoms with Crippen molar-refractivity contribution in [3.8, 4) is 0 Å². The van der Waals surface area contributed by atoms with Crippen LogP contribution in [0.3, 0.4) is 0 Å². The normalized spacial score (nSPS) is 10.4.